The second-order valence-electron chi connectivity index (χ2n) is 6.79. The van der Waals surface area contributed by atoms with Crippen molar-refractivity contribution in [2.24, 2.45) is 0 Å². The Balaban J connectivity index is 1.38. The summed E-state index contributed by atoms with van der Waals surface area (Å²) in [6, 6.07) is 19.2. The Kier molecular flexibility index (Phi) is 5.90. The van der Waals surface area contributed by atoms with Gasteiger partial charge < -0.3 is 10.1 Å². The van der Waals surface area contributed by atoms with E-state index in [-0.39, 0.29) is 12.5 Å². The van der Waals surface area contributed by atoms with E-state index >= 15 is 0 Å². The molecule has 2 aromatic carbocycles. The van der Waals surface area contributed by atoms with Gasteiger partial charge in [0, 0.05) is 17.1 Å². The number of nitrogens with zero attached hydrogens (tertiary/aromatic N) is 2. The fourth-order valence-corrected chi connectivity index (χ4v) is 3.99. The molecule has 0 radical (unpaired) electrons. The summed E-state index contributed by atoms with van der Waals surface area (Å²) >= 11 is 1.65. The molecule has 0 aliphatic heterocycles. The summed E-state index contributed by atoms with van der Waals surface area (Å²) in [5.74, 6) is -0.0331. The molecule has 1 N–H and O–H groups in total. The molecule has 7 heteroatoms. The highest BCUT2D eigenvalue weighted by Crippen LogP contribution is 2.22. The maximum atomic E-state index is 12.4. The van der Waals surface area contributed by atoms with Gasteiger partial charge in [0.1, 0.15) is 5.82 Å². The molecule has 0 aliphatic carbocycles. The van der Waals surface area contributed by atoms with Crippen LogP contribution in [0.15, 0.2) is 66.0 Å². The number of benzene rings is 2. The first-order valence-corrected chi connectivity index (χ1v) is 10.5. The normalized spacial score (nSPS) is 10.8. The van der Waals surface area contributed by atoms with E-state index in [4.69, 9.17) is 4.74 Å². The van der Waals surface area contributed by atoms with Gasteiger partial charge in [0.05, 0.1) is 16.6 Å². The van der Waals surface area contributed by atoms with Crippen LogP contribution < -0.4 is 5.32 Å². The minimum absolute atomic E-state index is 0.307. The summed E-state index contributed by atoms with van der Waals surface area (Å²) in [4.78, 5) is 30.1. The predicted molar refractivity (Wildman–Crippen MR) is 117 cm³/mol. The van der Waals surface area contributed by atoms with Crippen molar-refractivity contribution in [2.75, 3.05) is 13.2 Å². The molecule has 6 nitrogen and oxygen atoms in total. The third-order valence-electron chi connectivity index (χ3n) is 4.68. The van der Waals surface area contributed by atoms with Crippen molar-refractivity contribution in [3.63, 3.8) is 0 Å². The second kappa shape index (κ2) is 8.92. The van der Waals surface area contributed by atoms with Gasteiger partial charge in [-0.15, -0.1) is 11.3 Å². The lowest BCUT2D eigenvalue weighted by atomic mass is 10.2. The minimum Gasteiger partial charge on any atom is -0.452 e. The van der Waals surface area contributed by atoms with Crippen molar-refractivity contribution in [3.05, 3.63) is 82.3 Å². The molecule has 2 heterocycles. The van der Waals surface area contributed by atoms with E-state index in [1.807, 2.05) is 65.4 Å². The smallest absolute Gasteiger partial charge is 0.338 e. The number of carbonyl (C=O) groups excluding carboxylic acids is 2. The molecule has 0 fully saturated rings. The van der Waals surface area contributed by atoms with E-state index in [0.29, 0.717) is 17.6 Å². The fourth-order valence-electron chi connectivity index (χ4n) is 3.28. The monoisotopic (exact) mass is 419 g/mol. The van der Waals surface area contributed by atoms with Gasteiger partial charge in [-0.25, -0.2) is 9.78 Å². The molecular weight excluding hydrogens is 398 g/mol. The average molecular weight is 420 g/mol. The highest BCUT2D eigenvalue weighted by molar-refractivity contribution is 7.09. The van der Waals surface area contributed by atoms with Crippen molar-refractivity contribution in [1.29, 1.82) is 0 Å². The number of hydrogen-bond acceptors (Lipinski definition) is 5. The van der Waals surface area contributed by atoms with E-state index in [2.05, 4.69) is 10.3 Å². The van der Waals surface area contributed by atoms with E-state index < -0.39 is 5.97 Å². The number of nitrogens with one attached hydrogen (secondary N) is 1. The quantitative estimate of drug-likeness (QED) is 0.461. The zero-order valence-corrected chi connectivity index (χ0v) is 17.3. The molecule has 2 aromatic heterocycles. The predicted octanol–water partition coefficient (Wildman–Crippen LogP) is 3.91. The molecule has 4 aromatic rings. The first kappa shape index (κ1) is 19.8. The highest BCUT2D eigenvalue weighted by atomic mass is 32.1. The van der Waals surface area contributed by atoms with Gasteiger partial charge in [0.15, 0.2) is 6.61 Å². The SMILES string of the molecule is Cc1nc2cc(C(=O)OCC(=O)NCCc3cccs3)ccc2n1-c1ccccc1. The Morgan fingerprint density at radius 2 is 1.93 bits per heavy atom. The van der Waals surface area contributed by atoms with Gasteiger partial charge >= 0.3 is 5.97 Å². The summed E-state index contributed by atoms with van der Waals surface area (Å²) in [6.45, 7) is 2.13. The van der Waals surface area contributed by atoms with Gasteiger partial charge in [-0.05, 0) is 55.1 Å². The topological polar surface area (TPSA) is 73.2 Å². The Hall–Kier alpha value is -3.45. The number of amides is 1. The van der Waals surface area contributed by atoms with Crippen molar-refractivity contribution in [1.82, 2.24) is 14.9 Å². The molecule has 30 heavy (non-hydrogen) atoms. The van der Waals surface area contributed by atoms with Crippen molar-refractivity contribution in [3.8, 4) is 5.69 Å². The van der Waals surface area contributed by atoms with Crippen molar-refractivity contribution >= 4 is 34.2 Å². The van der Waals surface area contributed by atoms with Crippen LogP contribution in [0.1, 0.15) is 21.1 Å². The Labute approximate surface area is 178 Å². The third kappa shape index (κ3) is 4.41. The number of thiophene rings is 1. The maximum absolute atomic E-state index is 12.4. The van der Waals surface area contributed by atoms with E-state index in [1.54, 1.807) is 23.5 Å². The number of para-hydroxylation sites is 1. The van der Waals surface area contributed by atoms with Crippen LogP contribution in [0.4, 0.5) is 0 Å². The lowest BCUT2D eigenvalue weighted by Crippen LogP contribution is -2.30. The maximum Gasteiger partial charge on any atom is 0.338 e. The number of esters is 1. The van der Waals surface area contributed by atoms with Crippen molar-refractivity contribution < 1.29 is 14.3 Å². The minimum atomic E-state index is -0.544. The number of ether oxygens (including phenoxy) is 1. The number of aryl methyl sites for hydroxylation is 1. The molecule has 0 aliphatic rings. The lowest BCUT2D eigenvalue weighted by Gasteiger charge is -2.08. The van der Waals surface area contributed by atoms with Gasteiger partial charge in [0.2, 0.25) is 0 Å². The highest BCUT2D eigenvalue weighted by Gasteiger charge is 2.14. The molecule has 0 bridgehead atoms. The van der Waals surface area contributed by atoms with E-state index in [0.717, 1.165) is 23.4 Å². The van der Waals surface area contributed by atoms with Gasteiger partial charge in [-0.1, -0.05) is 24.3 Å². The van der Waals surface area contributed by atoms with Gasteiger partial charge in [-0.3, -0.25) is 9.36 Å². The molecule has 0 saturated heterocycles. The number of hydrogen-bond donors (Lipinski definition) is 1. The van der Waals surface area contributed by atoms with E-state index in [9.17, 15) is 9.59 Å². The Morgan fingerprint density at radius 1 is 1.10 bits per heavy atom. The third-order valence-corrected chi connectivity index (χ3v) is 5.62. The number of fused-ring (bicyclic) bond motifs is 1. The molecule has 0 atom stereocenters. The number of carbonyl (C=O) groups is 2. The zero-order chi connectivity index (χ0) is 20.9. The summed E-state index contributed by atoms with van der Waals surface area (Å²) < 4.78 is 7.20. The number of rotatable bonds is 7. The summed E-state index contributed by atoms with van der Waals surface area (Å²) in [5.41, 5.74) is 2.98. The number of imidazole rings is 1. The average Bonchev–Trinajstić information content (AvgIpc) is 3.39. The summed E-state index contributed by atoms with van der Waals surface area (Å²) in [6.07, 6.45) is 0.761. The van der Waals surface area contributed by atoms with Crippen LogP contribution in [0.2, 0.25) is 0 Å². The first-order chi connectivity index (χ1) is 14.6. The Morgan fingerprint density at radius 3 is 2.70 bits per heavy atom. The molecule has 0 saturated carbocycles. The van der Waals surface area contributed by atoms with Crippen LogP contribution in [0.3, 0.4) is 0 Å². The lowest BCUT2D eigenvalue weighted by molar-refractivity contribution is -0.124. The first-order valence-electron chi connectivity index (χ1n) is 9.62. The molecular formula is C23H21N3O3S. The van der Waals surface area contributed by atoms with E-state index in [1.165, 1.54) is 4.88 Å². The summed E-state index contributed by atoms with van der Waals surface area (Å²) in [7, 11) is 0. The fraction of sp³-hybridized carbons (Fsp3) is 0.174. The Bertz CT molecular complexity index is 1170. The molecule has 0 spiro atoms. The van der Waals surface area contributed by atoms with Crippen LogP contribution in [0, 0.1) is 6.92 Å². The second-order valence-corrected chi connectivity index (χ2v) is 7.82. The van der Waals surface area contributed by atoms with Crippen LogP contribution in [-0.4, -0.2) is 34.6 Å². The number of aromatic nitrogens is 2. The van der Waals surface area contributed by atoms with Crippen LogP contribution in [0.5, 0.6) is 0 Å². The molecule has 152 valence electrons. The summed E-state index contributed by atoms with van der Waals surface area (Å²) in [5, 5.41) is 4.76. The van der Waals surface area contributed by atoms with Crippen molar-refractivity contribution in [2.45, 2.75) is 13.3 Å². The van der Waals surface area contributed by atoms with Gasteiger partial charge in [-0.2, -0.15) is 0 Å². The van der Waals surface area contributed by atoms with Gasteiger partial charge in [0.25, 0.3) is 5.91 Å². The van der Waals surface area contributed by atoms with Crippen LogP contribution in [-0.2, 0) is 16.0 Å². The zero-order valence-electron chi connectivity index (χ0n) is 16.5. The molecule has 0 unspecified atom stereocenters. The van der Waals surface area contributed by atoms with Crippen LogP contribution in [0.25, 0.3) is 16.7 Å². The standard InChI is InChI=1S/C23H21N3O3S/c1-16-25-20-14-17(9-10-21(20)26(16)18-6-3-2-4-7-18)23(28)29-15-22(27)24-12-11-19-8-5-13-30-19/h2-10,13-14H,11-12,15H2,1H3,(H,24,27). The largest absolute Gasteiger partial charge is 0.452 e. The molecule has 4 rings (SSSR count). The molecule has 1 amide bonds. The van der Waals surface area contributed by atoms with Crippen LogP contribution >= 0.6 is 11.3 Å².